The molecule has 1 aromatic heterocycles. The van der Waals surface area contributed by atoms with E-state index < -0.39 is 17.7 Å². The molecular weight excluding hydrogens is 364 g/mol. The molecule has 144 valence electrons. The first kappa shape index (κ1) is 17.9. The van der Waals surface area contributed by atoms with Crippen LogP contribution in [0.2, 0.25) is 0 Å². The van der Waals surface area contributed by atoms with Crippen LogP contribution in [-0.2, 0) is 22.6 Å². The number of phenols is 1. The monoisotopic (exact) mass is 382 g/mol. The van der Waals surface area contributed by atoms with Gasteiger partial charge in [0.2, 0.25) is 6.10 Å². The highest BCUT2D eigenvalue weighted by Crippen LogP contribution is 2.31. The van der Waals surface area contributed by atoms with Crippen molar-refractivity contribution in [2.24, 2.45) is 0 Å². The molecule has 0 unspecified atom stereocenters. The van der Waals surface area contributed by atoms with Crippen molar-refractivity contribution in [1.29, 1.82) is 0 Å². The van der Waals surface area contributed by atoms with Crippen molar-refractivity contribution >= 4 is 16.9 Å². The van der Waals surface area contributed by atoms with Crippen molar-refractivity contribution < 1.29 is 28.5 Å². The van der Waals surface area contributed by atoms with E-state index in [-0.39, 0.29) is 24.5 Å². The number of hydrogen-bond acceptors (Lipinski definition) is 7. The van der Waals surface area contributed by atoms with E-state index in [0.717, 1.165) is 0 Å². The van der Waals surface area contributed by atoms with Crippen molar-refractivity contribution in [2.45, 2.75) is 26.1 Å². The highest BCUT2D eigenvalue weighted by atomic mass is 16.6. The Labute approximate surface area is 160 Å². The average molecular weight is 382 g/mol. The molecule has 0 saturated carbocycles. The van der Waals surface area contributed by atoms with E-state index in [1.165, 1.54) is 12.1 Å². The highest BCUT2D eigenvalue weighted by Gasteiger charge is 2.28. The minimum absolute atomic E-state index is 0.0430. The van der Waals surface area contributed by atoms with Crippen LogP contribution >= 0.6 is 0 Å². The third-order valence-corrected chi connectivity index (χ3v) is 4.55. The Hall–Kier alpha value is -3.48. The molecule has 1 atom stereocenters. The SMILES string of the molecule is CCc1cc2c(COC(=O)[C@H]3COc4ccccc4O3)cc(=O)oc2cc1O. The summed E-state index contributed by atoms with van der Waals surface area (Å²) in [6, 6.07) is 11.5. The zero-order valence-electron chi connectivity index (χ0n) is 15.1. The van der Waals surface area contributed by atoms with E-state index in [1.54, 1.807) is 24.3 Å². The molecule has 0 fully saturated rings. The smallest absolute Gasteiger partial charge is 0.351 e. The summed E-state index contributed by atoms with van der Waals surface area (Å²) >= 11 is 0. The molecule has 0 bridgehead atoms. The van der Waals surface area contributed by atoms with Crippen molar-refractivity contribution in [2.75, 3.05) is 6.61 Å². The minimum atomic E-state index is -0.892. The molecule has 7 nitrogen and oxygen atoms in total. The standard InChI is InChI=1S/C21H18O7/c1-2-12-7-14-13(8-20(23)28-18(14)9-15(12)22)10-26-21(24)19-11-25-16-5-3-4-6-17(16)27-19/h3-9,19,22H,2,10-11H2,1H3/t19-/m1/s1. The summed E-state index contributed by atoms with van der Waals surface area (Å²) in [6.45, 7) is 1.82. The van der Waals surface area contributed by atoms with Gasteiger partial charge in [-0.3, -0.25) is 0 Å². The second-order valence-electron chi connectivity index (χ2n) is 6.39. The van der Waals surface area contributed by atoms with Crippen molar-refractivity contribution in [1.82, 2.24) is 0 Å². The molecule has 0 amide bonds. The summed E-state index contributed by atoms with van der Waals surface area (Å²) in [5.74, 6) is 0.513. The predicted octanol–water partition coefficient (Wildman–Crippen LogP) is 2.94. The molecule has 1 N–H and O–H groups in total. The van der Waals surface area contributed by atoms with Gasteiger partial charge in [0.05, 0.1) is 0 Å². The van der Waals surface area contributed by atoms with Gasteiger partial charge in [0.15, 0.2) is 11.5 Å². The summed E-state index contributed by atoms with van der Waals surface area (Å²) in [6.07, 6.45) is -0.288. The van der Waals surface area contributed by atoms with Gasteiger partial charge in [-0.25, -0.2) is 9.59 Å². The van der Waals surface area contributed by atoms with E-state index in [2.05, 4.69) is 0 Å². The molecule has 2 aromatic carbocycles. The van der Waals surface area contributed by atoms with Gasteiger partial charge in [0.1, 0.15) is 24.5 Å². The third-order valence-electron chi connectivity index (χ3n) is 4.55. The maximum absolute atomic E-state index is 12.4. The Morgan fingerprint density at radius 2 is 1.96 bits per heavy atom. The fourth-order valence-corrected chi connectivity index (χ4v) is 3.09. The first-order valence-electron chi connectivity index (χ1n) is 8.89. The van der Waals surface area contributed by atoms with E-state index in [0.29, 0.717) is 34.4 Å². The van der Waals surface area contributed by atoms with E-state index in [4.69, 9.17) is 18.6 Å². The lowest BCUT2D eigenvalue weighted by Crippen LogP contribution is -2.37. The molecule has 2 heterocycles. The molecule has 0 radical (unpaired) electrons. The molecule has 3 aromatic rings. The van der Waals surface area contributed by atoms with Gasteiger partial charge in [-0.05, 0) is 30.2 Å². The summed E-state index contributed by atoms with van der Waals surface area (Å²) in [5.41, 5.74) is 0.841. The summed E-state index contributed by atoms with van der Waals surface area (Å²) < 4.78 is 21.7. The quantitative estimate of drug-likeness (QED) is 0.547. The lowest BCUT2D eigenvalue weighted by atomic mass is 10.0. The highest BCUT2D eigenvalue weighted by molar-refractivity contribution is 5.83. The lowest BCUT2D eigenvalue weighted by Gasteiger charge is -2.25. The fourth-order valence-electron chi connectivity index (χ4n) is 3.09. The largest absolute Gasteiger partial charge is 0.508 e. The van der Waals surface area contributed by atoms with Gasteiger partial charge in [0, 0.05) is 23.1 Å². The number of hydrogen-bond donors (Lipinski definition) is 1. The van der Waals surface area contributed by atoms with Crippen molar-refractivity contribution in [3.8, 4) is 17.2 Å². The predicted molar refractivity (Wildman–Crippen MR) is 99.7 cm³/mol. The zero-order valence-corrected chi connectivity index (χ0v) is 15.1. The van der Waals surface area contributed by atoms with Crippen molar-refractivity contribution in [3.63, 3.8) is 0 Å². The van der Waals surface area contributed by atoms with Crippen LogP contribution in [0.4, 0.5) is 0 Å². The summed E-state index contributed by atoms with van der Waals surface area (Å²) in [4.78, 5) is 24.2. The third kappa shape index (κ3) is 3.38. The molecule has 1 aliphatic rings. The van der Waals surface area contributed by atoms with E-state index >= 15 is 0 Å². The summed E-state index contributed by atoms with van der Waals surface area (Å²) in [7, 11) is 0. The second kappa shape index (κ2) is 7.26. The van der Waals surface area contributed by atoms with Gasteiger partial charge < -0.3 is 23.7 Å². The van der Waals surface area contributed by atoms with Gasteiger partial charge in [-0.15, -0.1) is 0 Å². The van der Waals surface area contributed by atoms with Gasteiger partial charge in [-0.2, -0.15) is 0 Å². The van der Waals surface area contributed by atoms with Gasteiger partial charge in [0.25, 0.3) is 0 Å². The number of carbonyl (C=O) groups excluding carboxylic acids is 1. The topological polar surface area (TPSA) is 95.2 Å². The number of esters is 1. The number of phenolic OH excluding ortho intramolecular Hbond substituents is 1. The van der Waals surface area contributed by atoms with E-state index in [1.807, 2.05) is 13.0 Å². The maximum atomic E-state index is 12.4. The van der Waals surface area contributed by atoms with Crippen LogP contribution in [0.25, 0.3) is 11.0 Å². The fraction of sp³-hybridized carbons (Fsp3) is 0.238. The number of aromatic hydroxyl groups is 1. The van der Waals surface area contributed by atoms with Gasteiger partial charge in [-0.1, -0.05) is 19.1 Å². The molecule has 4 rings (SSSR count). The first-order valence-corrected chi connectivity index (χ1v) is 8.89. The molecule has 0 aliphatic carbocycles. The molecule has 1 aliphatic heterocycles. The Morgan fingerprint density at radius 1 is 1.18 bits per heavy atom. The Kier molecular flexibility index (Phi) is 4.65. The first-order chi connectivity index (χ1) is 13.5. The number of para-hydroxylation sites is 2. The van der Waals surface area contributed by atoms with Crippen LogP contribution in [0.3, 0.4) is 0 Å². The Bertz CT molecular complexity index is 1100. The lowest BCUT2D eigenvalue weighted by molar-refractivity contribution is -0.155. The number of rotatable bonds is 4. The molecule has 7 heteroatoms. The summed E-state index contributed by atoms with van der Waals surface area (Å²) in [5, 5.41) is 10.6. The molecule has 0 spiro atoms. The molecule has 0 saturated heterocycles. The number of fused-ring (bicyclic) bond motifs is 2. The van der Waals surface area contributed by atoms with Crippen LogP contribution in [0.1, 0.15) is 18.1 Å². The minimum Gasteiger partial charge on any atom is -0.508 e. The normalized spacial score (nSPS) is 15.4. The van der Waals surface area contributed by atoms with Crippen molar-refractivity contribution in [3.05, 3.63) is 64.0 Å². The Balaban J connectivity index is 1.54. The van der Waals surface area contributed by atoms with Gasteiger partial charge >= 0.3 is 11.6 Å². The maximum Gasteiger partial charge on any atom is 0.351 e. The van der Waals surface area contributed by atoms with Crippen LogP contribution in [0.5, 0.6) is 17.2 Å². The number of carbonyl (C=O) groups is 1. The number of ether oxygens (including phenoxy) is 3. The Morgan fingerprint density at radius 3 is 2.75 bits per heavy atom. The molecule has 28 heavy (non-hydrogen) atoms. The van der Waals surface area contributed by atoms with Crippen LogP contribution in [-0.4, -0.2) is 23.8 Å². The number of aryl methyl sites for hydroxylation is 1. The van der Waals surface area contributed by atoms with Crippen LogP contribution in [0, 0.1) is 0 Å². The average Bonchev–Trinajstić information content (AvgIpc) is 2.70. The van der Waals surface area contributed by atoms with Crippen LogP contribution < -0.4 is 15.1 Å². The molecular formula is C21H18O7. The number of benzene rings is 2. The van der Waals surface area contributed by atoms with Crippen LogP contribution in [0.15, 0.2) is 51.7 Å². The van der Waals surface area contributed by atoms with E-state index in [9.17, 15) is 14.7 Å². The second-order valence-corrected chi connectivity index (χ2v) is 6.39. The zero-order chi connectivity index (χ0) is 19.7.